The minimum absolute atomic E-state index is 0.0897. The van der Waals surface area contributed by atoms with E-state index in [0.29, 0.717) is 67.1 Å². The molecular weight excluding hydrogens is 530 g/mol. The fourth-order valence-electron chi connectivity index (χ4n) is 4.33. The van der Waals surface area contributed by atoms with Gasteiger partial charge in [0.25, 0.3) is 5.91 Å². The summed E-state index contributed by atoms with van der Waals surface area (Å²) in [5.41, 5.74) is 1.43. The molecule has 0 saturated carbocycles. The van der Waals surface area contributed by atoms with E-state index in [0.717, 1.165) is 0 Å². The third-order valence-corrected chi connectivity index (χ3v) is 6.75. The van der Waals surface area contributed by atoms with E-state index in [1.165, 1.54) is 12.4 Å². The summed E-state index contributed by atoms with van der Waals surface area (Å²) >= 11 is 6.71. The van der Waals surface area contributed by atoms with Crippen molar-refractivity contribution >= 4 is 52.3 Å². The molecule has 6 rings (SSSR count). The average molecular weight is 554 g/mol. The molecule has 0 radical (unpaired) electrons. The van der Waals surface area contributed by atoms with E-state index in [-0.39, 0.29) is 28.6 Å². The monoisotopic (exact) mass is 553 g/mol. The second kappa shape index (κ2) is 10.0. The third kappa shape index (κ3) is 4.91. The Kier molecular flexibility index (Phi) is 6.40. The normalized spacial score (nSPS) is 16.8. The number of hydrogen-bond acceptors (Lipinski definition) is 10. The minimum atomic E-state index is -0.624. The fourth-order valence-corrected chi connectivity index (χ4v) is 4.63. The van der Waals surface area contributed by atoms with E-state index in [1.54, 1.807) is 46.4 Å². The Morgan fingerprint density at radius 1 is 1.21 bits per heavy atom. The predicted molar refractivity (Wildman–Crippen MR) is 140 cm³/mol. The van der Waals surface area contributed by atoms with Crippen molar-refractivity contribution in [1.82, 2.24) is 34.2 Å². The molecule has 0 aliphatic carbocycles. The van der Waals surface area contributed by atoms with Crippen LogP contribution < -0.4 is 15.4 Å². The van der Waals surface area contributed by atoms with Crippen LogP contribution in [0.4, 0.5) is 22.4 Å². The Bertz CT molecular complexity index is 1580. The molecule has 2 aliphatic heterocycles. The quantitative estimate of drug-likeness (QED) is 0.364. The van der Waals surface area contributed by atoms with Gasteiger partial charge in [0.15, 0.2) is 17.2 Å². The first-order chi connectivity index (χ1) is 18.9. The number of amides is 2. The number of nitrogens with zero attached hydrogens (tertiary/aromatic N) is 7. The number of fused-ring (bicyclic) bond motifs is 2. The molecule has 2 N–H and O–H groups in total. The van der Waals surface area contributed by atoms with Crippen LogP contribution >= 0.6 is 11.6 Å². The van der Waals surface area contributed by atoms with Crippen LogP contribution in [-0.2, 0) is 23.1 Å². The molecule has 14 nitrogen and oxygen atoms in total. The predicted octanol–water partition coefficient (Wildman–Crippen LogP) is 3.17. The molecule has 15 heteroatoms. The number of carbonyl (C=O) groups is 2. The number of nitrogens with one attached hydrogen (secondary N) is 2. The Hall–Kier alpha value is -4.43. The first-order valence-corrected chi connectivity index (χ1v) is 12.5. The van der Waals surface area contributed by atoms with Gasteiger partial charge in [-0.1, -0.05) is 11.6 Å². The van der Waals surface area contributed by atoms with E-state index in [1.807, 2.05) is 0 Å². The van der Waals surface area contributed by atoms with Crippen LogP contribution in [0.2, 0.25) is 5.02 Å². The first kappa shape index (κ1) is 24.9. The number of likely N-dealkylation sites (N-methyl/N-ethyl adjacent to an activating group) is 1. The van der Waals surface area contributed by atoms with Gasteiger partial charge < -0.3 is 29.0 Å². The molecule has 4 aromatic heterocycles. The SMILES string of the molecule is CN1CCn2nc(Nc3nc4ncc(Oc5ccnc(NC(=O)O[C@H]6CCOC6)c5)c(Cl)c4n3C)cc2C1=O. The number of aromatic nitrogens is 6. The molecule has 0 unspecified atom stereocenters. The zero-order valence-corrected chi connectivity index (χ0v) is 21.8. The lowest BCUT2D eigenvalue weighted by atomic mass is 10.3. The average Bonchev–Trinajstić information content (AvgIpc) is 3.64. The van der Waals surface area contributed by atoms with E-state index >= 15 is 0 Å². The molecule has 202 valence electrons. The second-order valence-corrected chi connectivity index (χ2v) is 9.47. The summed E-state index contributed by atoms with van der Waals surface area (Å²) in [5, 5.41) is 10.5. The number of ether oxygens (including phenoxy) is 3. The summed E-state index contributed by atoms with van der Waals surface area (Å²) in [6, 6.07) is 4.85. The maximum absolute atomic E-state index is 12.4. The maximum Gasteiger partial charge on any atom is 0.413 e. The summed E-state index contributed by atoms with van der Waals surface area (Å²) in [7, 11) is 3.54. The van der Waals surface area contributed by atoms with Gasteiger partial charge >= 0.3 is 6.09 Å². The summed E-state index contributed by atoms with van der Waals surface area (Å²) in [6.07, 6.45) is 2.71. The van der Waals surface area contributed by atoms with Gasteiger partial charge in [-0.05, 0) is 6.07 Å². The highest BCUT2D eigenvalue weighted by Gasteiger charge is 2.25. The van der Waals surface area contributed by atoms with E-state index < -0.39 is 6.09 Å². The van der Waals surface area contributed by atoms with Gasteiger partial charge in [-0.2, -0.15) is 10.1 Å². The van der Waals surface area contributed by atoms with E-state index in [2.05, 4.69) is 30.7 Å². The Morgan fingerprint density at radius 2 is 2.08 bits per heavy atom. The maximum atomic E-state index is 12.4. The lowest BCUT2D eigenvalue weighted by Gasteiger charge is -2.22. The molecule has 2 aliphatic rings. The largest absolute Gasteiger partial charge is 0.454 e. The van der Waals surface area contributed by atoms with Gasteiger partial charge in [0.2, 0.25) is 5.95 Å². The molecule has 4 aromatic rings. The van der Waals surface area contributed by atoms with Crippen LogP contribution in [0.3, 0.4) is 0 Å². The van der Waals surface area contributed by atoms with Gasteiger partial charge in [0.1, 0.15) is 33.9 Å². The summed E-state index contributed by atoms with van der Waals surface area (Å²) < 4.78 is 19.9. The summed E-state index contributed by atoms with van der Waals surface area (Å²) in [5.74, 6) is 1.75. The Labute approximate surface area is 226 Å². The Balaban J connectivity index is 1.19. The third-order valence-electron chi connectivity index (χ3n) is 6.39. The minimum Gasteiger partial charge on any atom is -0.454 e. The molecular formula is C24H24ClN9O5. The van der Waals surface area contributed by atoms with Crippen LogP contribution in [0, 0.1) is 0 Å². The number of pyridine rings is 2. The molecule has 6 heterocycles. The van der Waals surface area contributed by atoms with Crippen molar-refractivity contribution in [3.63, 3.8) is 0 Å². The van der Waals surface area contributed by atoms with Crippen molar-refractivity contribution in [2.24, 2.45) is 7.05 Å². The number of anilines is 3. The molecule has 1 atom stereocenters. The van der Waals surface area contributed by atoms with Gasteiger partial charge in [0.05, 0.1) is 26.0 Å². The van der Waals surface area contributed by atoms with Crippen molar-refractivity contribution in [3.05, 3.63) is 41.3 Å². The lowest BCUT2D eigenvalue weighted by molar-refractivity contribution is 0.0742. The first-order valence-electron chi connectivity index (χ1n) is 12.2. The van der Waals surface area contributed by atoms with Crippen LogP contribution in [0.5, 0.6) is 11.5 Å². The summed E-state index contributed by atoms with van der Waals surface area (Å²) in [6.45, 7) is 2.15. The molecule has 2 amide bonds. The number of carbonyl (C=O) groups excluding carboxylic acids is 2. The van der Waals surface area contributed by atoms with E-state index in [9.17, 15) is 9.59 Å². The number of hydrogen-bond donors (Lipinski definition) is 2. The zero-order valence-electron chi connectivity index (χ0n) is 21.0. The molecule has 0 spiro atoms. The van der Waals surface area contributed by atoms with Crippen molar-refractivity contribution in [1.29, 1.82) is 0 Å². The van der Waals surface area contributed by atoms with Crippen molar-refractivity contribution < 1.29 is 23.8 Å². The molecule has 1 fully saturated rings. The highest BCUT2D eigenvalue weighted by atomic mass is 35.5. The van der Waals surface area contributed by atoms with Crippen molar-refractivity contribution in [2.45, 2.75) is 19.1 Å². The second-order valence-electron chi connectivity index (χ2n) is 9.09. The van der Waals surface area contributed by atoms with Gasteiger partial charge in [-0.3, -0.25) is 14.8 Å². The number of rotatable bonds is 6. The molecule has 1 saturated heterocycles. The highest BCUT2D eigenvalue weighted by molar-refractivity contribution is 6.36. The van der Waals surface area contributed by atoms with Gasteiger partial charge in [-0.25, -0.2) is 14.8 Å². The van der Waals surface area contributed by atoms with Gasteiger partial charge in [0, 0.05) is 45.4 Å². The van der Waals surface area contributed by atoms with E-state index in [4.69, 9.17) is 25.8 Å². The van der Waals surface area contributed by atoms with Crippen LogP contribution in [0.1, 0.15) is 16.9 Å². The summed E-state index contributed by atoms with van der Waals surface area (Å²) in [4.78, 5) is 39.3. The standard InChI is InChI=1S/C24H24ClN9O5/c1-32-6-7-34-15(22(32)35)10-18(31-34)28-23-30-21-20(33(23)2)19(25)16(11-27-21)38-13-3-5-26-17(9-13)29-24(36)39-14-4-8-37-12-14/h3,5,9-11,14H,4,6-8,12H2,1-2H3,(H,26,29,36)(H,27,28,30,31)/t14-/m0/s1. The van der Waals surface area contributed by atoms with Crippen LogP contribution in [-0.4, -0.2) is 79.1 Å². The molecule has 0 bridgehead atoms. The van der Waals surface area contributed by atoms with Crippen LogP contribution in [0.15, 0.2) is 30.6 Å². The smallest absolute Gasteiger partial charge is 0.413 e. The highest BCUT2D eigenvalue weighted by Crippen LogP contribution is 2.36. The van der Waals surface area contributed by atoms with Crippen LogP contribution in [0.25, 0.3) is 11.2 Å². The number of imidazole rings is 1. The zero-order chi connectivity index (χ0) is 27.1. The lowest BCUT2D eigenvalue weighted by Crippen LogP contribution is -2.37. The number of halogens is 1. The molecule has 0 aromatic carbocycles. The fraction of sp³-hybridized carbons (Fsp3) is 0.333. The number of aryl methyl sites for hydroxylation is 1. The van der Waals surface area contributed by atoms with Crippen molar-refractivity contribution in [2.75, 3.05) is 37.4 Å². The van der Waals surface area contributed by atoms with Crippen molar-refractivity contribution in [3.8, 4) is 11.5 Å². The Morgan fingerprint density at radius 3 is 2.90 bits per heavy atom. The van der Waals surface area contributed by atoms with Gasteiger partial charge in [-0.15, -0.1) is 0 Å². The topological polar surface area (TPSA) is 151 Å². The molecule has 39 heavy (non-hydrogen) atoms.